The van der Waals surface area contributed by atoms with Crippen LogP contribution in [0.1, 0.15) is 48.9 Å². The largest absolute Gasteiger partial charge is 0.500 e. The lowest BCUT2D eigenvalue weighted by Crippen LogP contribution is -2.13. The van der Waals surface area contributed by atoms with Crippen molar-refractivity contribution in [1.82, 2.24) is 0 Å². The Bertz CT molecular complexity index is 664. The number of hydrogen-bond donors (Lipinski definition) is 0. The van der Waals surface area contributed by atoms with Gasteiger partial charge >= 0.3 is 0 Å². The summed E-state index contributed by atoms with van der Waals surface area (Å²) in [5.74, 6) is 2.34. The van der Waals surface area contributed by atoms with Crippen LogP contribution in [0.15, 0.2) is 17.9 Å². The van der Waals surface area contributed by atoms with E-state index < -0.39 is 0 Å². The van der Waals surface area contributed by atoms with Crippen LogP contribution in [0.4, 0.5) is 0 Å². The van der Waals surface area contributed by atoms with Crippen molar-refractivity contribution in [3.63, 3.8) is 0 Å². The first-order chi connectivity index (χ1) is 11.5. The van der Waals surface area contributed by atoms with Crippen LogP contribution in [0.3, 0.4) is 0 Å². The summed E-state index contributed by atoms with van der Waals surface area (Å²) >= 11 is 0. The molecule has 0 aliphatic heterocycles. The van der Waals surface area contributed by atoms with Crippen molar-refractivity contribution in [3.05, 3.63) is 40.1 Å². The number of aryl methyl sites for hydroxylation is 3. The number of fused-ring (bicyclic) bond motifs is 1. The fourth-order valence-electron chi connectivity index (χ4n) is 4.73. The fraction of sp³-hybridized carbons (Fsp3) is 0.571. The van der Waals surface area contributed by atoms with E-state index in [1.54, 1.807) is 7.11 Å². The molecule has 1 fully saturated rings. The Kier molecular flexibility index (Phi) is 5.16. The number of allylic oxidation sites excluding steroid dienone is 2. The normalized spacial score (nSPS) is 26.2. The zero-order valence-electron chi connectivity index (χ0n) is 15.3. The van der Waals surface area contributed by atoms with Crippen molar-refractivity contribution in [2.24, 2.45) is 17.8 Å². The number of ketones is 1. The minimum atomic E-state index is 0.135. The number of ether oxygens (including phenoxy) is 1. The molecule has 2 aliphatic carbocycles. The number of carbonyl (C=O) groups excluding carboxylic acids is 1. The standard InChI is InChI=1S/C21H29O2P/c1-5-14-7-12(3)8-15(6-2)18(14)19-20(22)16-9-13(11-24)10-17(16)21(19)23-4/h7-8,13,16-17H,5-6,9-11,24H2,1-4H3. The van der Waals surface area contributed by atoms with Crippen LogP contribution in [0.2, 0.25) is 0 Å². The van der Waals surface area contributed by atoms with Gasteiger partial charge in [-0.15, -0.1) is 9.24 Å². The molecule has 130 valence electrons. The van der Waals surface area contributed by atoms with Gasteiger partial charge in [-0.2, -0.15) is 0 Å². The first-order valence-electron chi connectivity index (χ1n) is 9.20. The molecule has 1 saturated carbocycles. The van der Waals surface area contributed by atoms with E-state index in [-0.39, 0.29) is 5.92 Å². The molecule has 3 rings (SSSR count). The van der Waals surface area contributed by atoms with Crippen molar-refractivity contribution < 1.29 is 9.53 Å². The smallest absolute Gasteiger partial charge is 0.170 e. The number of benzene rings is 1. The monoisotopic (exact) mass is 344 g/mol. The van der Waals surface area contributed by atoms with Crippen molar-refractivity contribution in [1.29, 1.82) is 0 Å². The van der Waals surface area contributed by atoms with Gasteiger partial charge in [-0.3, -0.25) is 4.79 Å². The second-order valence-electron chi connectivity index (χ2n) is 7.26. The van der Waals surface area contributed by atoms with Crippen LogP contribution in [0.25, 0.3) is 5.57 Å². The molecule has 2 nitrogen and oxygen atoms in total. The van der Waals surface area contributed by atoms with Gasteiger partial charge in [0.1, 0.15) is 5.76 Å². The highest BCUT2D eigenvalue weighted by atomic mass is 31.0. The summed E-state index contributed by atoms with van der Waals surface area (Å²) in [6.45, 7) is 6.49. The zero-order chi connectivity index (χ0) is 17.4. The number of methoxy groups -OCH3 is 1. The lowest BCUT2D eigenvalue weighted by atomic mass is 9.87. The third-order valence-corrected chi connectivity index (χ3v) is 6.50. The van der Waals surface area contributed by atoms with E-state index in [9.17, 15) is 4.79 Å². The number of Topliss-reactive ketones (excluding diaryl/α,β-unsaturated/α-hetero) is 1. The van der Waals surface area contributed by atoms with Crippen LogP contribution < -0.4 is 0 Å². The fourth-order valence-corrected chi connectivity index (χ4v) is 5.11. The van der Waals surface area contributed by atoms with Crippen molar-refractivity contribution in [2.75, 3.05) is 13.3 Å². The van der Waals surface area contributed by atoms with Gasteiger partial charge in [-0.1, -0.05) is 31.5 Å². The second kappa shape index (κ2) is 7.00. The van der Waals surface area contributed by atoms with Crippen LogP contribution >= 0.6 is 9.24 Å². The maximum atomic E-state index is 13.3. The molecule has 4 atom stereocenters. The molecule has 2 aliphatic rings. The number of carbonyl (C=O) groups is 1. The van der Waals surface area contributed by atoms with Gasteiger partial charge in [0, 0.05) is 11.8 Å². The van der Waals surface area contributed by atoms with E-state index in [2.05, 4.69) is 42.1 Å². The molecule has 1 aromatic carbocycles. The summed E-state index contributed by atoms with van der Waals surface area (Å²) < 4.78 is 5.84. The van der Waals surface area contributed by atoms with Crippen LogP contribution in [0.5, 0.6) is 0 Å². The van der Waals surface area contributed by atoms with E-state index in [1.165, 1.54) is 22.3 Å². The molecule has 0 heterocycles. The Labute approximate surface area is 148 Å². The molecule has 3 heteroatoms. The summed E-state index contributed by atoms with van der Waals surface area (Å²) in [6, 6.07) is 4.48. The Hall–Kier alpha value is -1.14. The van der Waals surface area contributed by atoms with Crippen molar-refractivity contribution >= 4 is 20.6 Å². The third kappa shape index (κ3) is 2.73. The third-order valence-electron chi connectivity index (χ3n) is 5.84. The lowest BCUT2D eigenvalue weighted by molar-refractivity contribution is -0.117. The van der Waals surface area contributed by atoms with Gasteiger partial charge in [0.2, 0.25) is 0 Å². The Morgan fingerprint density at radius 2 is 1.71 bits per heavy atom. The minimum absolute atomic E-state index is 0.135. The average molecular weight is 344 g/mol. The second-order valence-corrected chi connectivity index (χ2v) is 7.73. The highest BCUT2D eigenvalue weighted by Crippen LogP contribution is 2.51. The van der Waals surface area contributed by atoms with Crippen LogP contribution in [-0.4, -0.2) is 19.1 Å². The summed E-state index contributed by atoms with van der Waals surface area (Å²) in [7, 11) is 4.58. The van der Waals surface area contributed by atoms with Gasteiger partial charge in [0.15, 0.2) is 5.78 Å². The molecular weight excluding hydrogens is 315 g/mol. The maximum Gasteiger partial charge on any atom is 0.170 e. The predicted octanol–water partition coefficient (Wildman–Crippen LogP) is 4.58. The van der Waals surface area contributed by atoms with E-state index >= 15 is 0 Å². The topological polar surface area (TPSA) is 26.3 Å². The van der Waals surface area contributed by atoms with Gasteiger partial charge in [0.05, 0.1) is 12.7 Å². The van der Waals surface area contributed by atoms with Gasteiger partial charge in [0.25, 0.3) is 0 Å². The molecule has 4 unspecified atom stereocenters. The molecule has 0 N–H and O–H groups in total. The molecule has 0 saturated heterocycles. The molecule has 0 radical (unpaired) electrons. The van der Waals surface area contributed by atoms with E-state index in [4.69, 9.17) is 4.74 Å². The van der Waals surface area contributed by atoms with Gasteiger partial charge in [-0.25, -0.2) is 0 Å². The molecule has 0 bridgehead atoms. The van der Waals surface area contributed by atoms with E-state index in [0.29, 0.717) is 17.6 Å². The number of rotatable bonds is 5. The highest BCUT2D eigenvalue weighted by molar-refractivity contribution is 7.16. The Balaban J connectivity index is 2.17. The SMILES string of the molecule is CCc1cc(C)cc(CC)c1C1=C(OC)C2CC(CP)CC2C1=O. The van der Waals surface area contributed by atoms with Crippen molar-refractivity contribution in [2.45, 2.75) is 46.5 Å². The van der Waals surface area contributed by atoms with Crippen molar-refractivity contribution in [3.8, 4) is 0 Å². The maximum absolute atomic E-state index is 13.3. The lowest BCUT2D eigenvalue weighted by Gasteiger charge is -2.18. The molecule has 1 aromatic rings. The molecule has 0 aromatic heterocycles. The van der Waals surface area contributed by atoms with Gasteiger partial charge < -0.3 is 4.74 Å². The first kappa shape index (κ1) is 17.7. The van der Waals surface area contributed by atoms with Crippen LogP contribution in [-0.2, 0) is 22.4 Å². The molecule has 0 spiro atoms. The Morgan fingerprint density at radius 1 is 1.12 bits per heavy atom. The van der Waals surface area contributed by atoms with E-state index in [1.807, 2.05) is 0 Å². The van der Waals surface area contributed by atoms with E-state index in [0.717, 1.165) is 43.2 Å². The molecular formula is C21H29O2P. The first-order valence-corrected chi connectivity index (χ1v) is 10.0. The summed E-state index contributed by atoms with van der Waals surface area (Å²) in [4.78, 5) is 13.3. The highest BCUT2D eigenvalue weighted by Gasteiger charge is 2.49. The Morgan fingerprint density at radius 3 is 2.21 bits per heavy atom. The van der Waals surface area contributed by atoms with Crippen LogP contribution in [0, 0.1) is 24.7 Å². The van der Waals surface area contributed by atoms with Gasteiger partial charge in [-0.05, 0) is 61.4 Å². The molecule has 0 amide bonds. The quantitative estimate of drug-likeness (QED) is 0.731. The summed E-state index contributed by atoms with van der Waals surface area (Å²) in [5.41, 5.74) is 5.91. The minimum Gasteiger partial charge on any atom is -0.500 e. The summed E-state index contributed by atoms with van der Waals surface area (Å²) in [5, 5.41) is 0. The predicted molar refractivity (Wildman–Crippen MR) is 103 cm³/mol. The summed E-state index contributed by atoms with van der Waals surface area (Å²) in [6.07, 6.45) is 5.07. The number of hydrogen-bond acceptors (Lipinski definition) is 2. The average Bonchev–Trinajstić information content (AvgIpc) is 3.12. The molecule has 24 heavy (non-hydrogen) atoms. The zero-order valence-corrected chi connectivity index (χ0v) is 16.5.